The van der Waals surface area contributed by atoms with Crippen LogP contribution in [0.1, 0.15) is 0 Å². The standard InChI is InChI=1S/C58H39NS/c1-2-12-40(13-3-1)44-16-8-17-45(36-44)41-26-31-50(32-27-41)59(51-33-28-42(29-34-51)48-30-35-56-55-23-6-7-25-57(55)60-58(56)39-48)52-21-10-19-47(38-52)46-18-9-20-49(37-46)54-24-11-15-43-14-4-5-22-53(43)54/h1-39H. The molecule has 0 bridgehead atoms. The van der Waals surface area contributed by atoms with Crippen molar-refractivity contribution < 1.29 is 0 Å². The van der Waals surface area contributed by atoms with Gasteiger partial charge in [-0.15, -0.1) is 11.3 Å². The predicted molar refractivity (Wildman–Crippen MR) is 259 cm³/mol. The molecule has 0 aliphatic heterocycles. The molecule has 0 N–H and O–H groups in total. The number of hydrogen-bond acceptors (Lipinski definition) is 2. The van der Waals surface area contributed by atoms with Gasteiger partial charge in [0.05, 0.1) is 0 Å². The minimum atomic E-state index is 1.10. The van der Waals surface area contributed by atoms with Crippen molar-refractivity contribution in [3.63, 3.8) is 0 Å². The fourth-order valence-corrected chi connectivity index (χ4v) is 9.78. The molecule has 0 saturated heterocycles. The molecule has 1 heterocycles. The highest BCUT2D eigenvalue weighted by Crippen LogP contribution is 2.41. The van der Waals surface area contributed by atoms with E-state index in [1.54, 1.807) is 0 Å². The Kier molecular flexibility index (Phi) is 9.11. The molecule has 0 fully saturated rings. The van der Waals surface area contributed by atoms with Crippen LogP contribution in [0.15, 0.2) is 237 Å². The molecule has 0 amide bonds. The zero-order valence-electron chi connectivity index (χ0n) is 32.9. The van der Waals surface area contributed by atoms with Crippen molar-refractivity contribution >= 4 is 59.3 Å². The predicted octanol–water partition coefficient (Wildman–Crippen LogP) is 17.0. The summed E-state index contributed by atoms with van der Waals surface area (Å²) in [5, 5.41) is 5.16. The largest absolute Gasteiger partial charge is 0.310 e. The van der Waals surface area contributed by atoms with E-state index in [4.69, 9.17) is 0 Å². The maximum atomic E-state index is 2.38. The van der Waals surface area contributed by atoms with E-state index in [1.165, 1.54) is 86.6 Å². The van der Waals surface area contributed by atoms with Gasteiger partial charge in [-0.25, -0.2) is 0 Å². The van der Waals surface area contributed by atoms with Crippen LogP contribution in [0, 0.1) is 0 Å². The van der Waals surface area contributed by atoms with Gasteiger partial charge in [-0.1, -0.05) is 176 Å². The zero-order chi connectivity index (χ0) is 39.8. The Morgan fingerprint density at radius 2 is 0.717 bits per heavy atom. The molecular weight excluding hydrogens is 743 g/mol. The lowest BCUT2D eigenvalue weighted by Crippen LogP contribution is -2.10. The second kappa shape index (κ2) is 15.3. The van der Waals surface area contributed by atoms with Crippen LogP contribution in [0.25, 0.3) is 86.6 Å². The monoisotopic (exact) mass is 781 g/mol. The van der Waals surface area contributed by atoms with Crippen molar-refractivity contribution in [2.45, 2.75) is 0 Å². The topological polar surface area (TPSA) is 3.24 Å². The SMILES string of the molecule is c1ccc(-c2cccc(-c3ccc(N(c4ccc(-c5ccc6c(c5)sc5ccccc56)cc4)c4cccc(-c5cccc(-c6cccc7ccccc67)c5)c4)cc3)c2)cc1. The Morgan fingerprint density at radius 3 is 1.45 bits per heavy atom. The summed E-state index contributed by atoms with van der Waals surface area (Å²) < 4.78 is 2.64. The molecule has 0 aliphatic carbocycles. The van der Waals surface area contributed by atoms with Crippen molar-refractivity contribution in [2.24, 2.45) is 0 Å². The van der Waals surface area contributed by atoms with E-state index in [0.717, 1.165) is 17.1 Å². The van der Waals surface area contributed by atoms with E-state index >= 15 is 0 Å². The highest BCUT2D eigenvalue weighted by Gasteiger charge is 2.16. The number of benzene rings is 10. The van der Waals surface area contributed by atoms with Gasteiger partial charge in [-0.2, -0.15) is 0 Å². The van der Waals surface area contributed by atoms with Gasteiger partial charge in [0.25, 0.3) is 0 Å². The number of fused-ring (bicyclic) bond motifs is 4. The molecule has 11 aromatic rings. The number of hydrogen-bond donors (Lipinski definition) is 0. The molecular formula is C58H39NS. The third-order valence-electron chi connectivity index (χ3n) is 11.7. The quantitative estimate of drug-likeness (QED) is 0.148. The van der Waals surface area contributed by atoms with Crippen LogP contribution in [0.5, 0.6) is 0 Å². The molecule has 10 aromatic carbocycles. The van der Waals surface area contributed by atoms with E-state index in [2.05, 4.69) is 241 Å². The molecule has 1 nitrogen and oxygen atoms in total. The fraction of sp³-hybridized carbons (Fsp3) is 0. The summed E-state index contributed by atoms with van der Waals surface area (Å²) in [5.41, 5.74) is 15.3. The molecule has 0 aliphatic rings. The van der Waals surface area contributed by atoms with Gasteiger partial charge in [-0.05, 0) is 127 Å². The van der Waals surface area contributed by atoms with Gasteiger partial charge in [0.2, 0.25) is 0 Å². The highest BCUT2D eigenvalue weighted by atomic mass is 32.1. The van der Waals surface area contributed by atoms with Crippen LogP contribution in [0.2, 0.25) is 0 Å². The first-order valence-electron chi connectivity index (χ1n) is 20.5. The highest BCUT2D eigenvalue weighted by molar-refractivity contribution is 7.25. The molecule has 2 heteroatoms. The number of anilines is 3. The zero-order valence-corrected chi connectivity index (χ0v) is 33.7. The second-order valence-electron chi connectivity index (χ2n) is 15.3. The average molecular weight is 782 g/mol. The number of rotatable bonds is 8. The minimum absolute atomic E-state index is 1.10. The van der Waals surface area contributed by atoms with Gasteiger partial charge >= 0.3 is 0 Å². The normalized spacial score (nSPS) is 11.3. The van der Waals surface area contributed by atoms with Gasteiger partial charge < -0.3 is 4.90 Å². The minimum Gasteiger partial charge on any atom is -0.310 e. The maximum Gasteiger partial charge on any atom is 0.0467 e. The van der Waals surface area contributed by atoms with E-state index in [9.17, 15) is 0 Å². The molecule has 60 heavy (non-hydrogen) atoms. The van der Waals surface area contributed by atoms with Crippen molar-refractivity contribution in [1.82, 2.24) is 0 Å². The summed E-state index contributed by atoms with van der Waals surface area (Å²) in [7, 11) is 0. The Morgan fingerprint density at radius 1 is 0.250 bits per heavy atom. The summed E-state index contributed by atoms with van der Waals surface area (Å²) in [6.45, 7) is 0. The summed E-state index contributed by atoms with van der Waals surface area (Å²) >= 11 is 1.86. The van der Waals surface area contributed by atoms with Gasteiger partial charge in [0, 0.05) is 37.2 Å². The molecule has 0 saturated carbocycles. The lowest BCUT2D eigenvalue weighted by molar-refractivity contribution is 1.28. The molecule has 0 unspecified atom stereocenters. The Bertz CT molecular complexity index is 3300. The lowest BCUT2D eigenvalue weighted by atomic mass is 9.95. The Labute approximate surface area is 354 Å². The number of nitrogens with zero attached hydrogens (tertiary/aromatic N) is 1. The first-order chi connectivity index (χ1) is 29.7. The fourth-order valence-electron chi connectivity index (χ4n) is 8.64. The Balaban J connectivity index is 0.976. The lowest BCUT2D eigenvalue weighted by Gasteiger charge is -2.26. The van der Waals surface area contributed by atoms with E-state index < -0.39 is 0 Å². The summed E-state index contributed by atoms with van der Waals surface area (Å²) in [5.74, 6) is 0. The average Bonchev–Trinajstić information content (AvgIpc) is 3.70. The van der Waals surface area contributed by atoms with Crippen LogP contribution in [-0.2, 0) is 0 Å². The molecule has 11 rings (SSSR count). The first-order valence-corrected chi connectivity index (χ1v) is 21.3. The van der Waals surface area contributed by atoms with Crippen LogP contribution in [0.4, 0.5) is 17.1 Å². The molecule has 0 radical (unpaired) electrons. The first kappa shape index (κ1) is 35.6. The van der Waals surface area contributed by atoms with E-state index in [-0.39, 0.29) is 0 Å². The maximum absolute atomic E-state index is 2.38. The third kappa shape index (κ3) is 6.73. The summed E-state index contributed by atoms with van der Waals surface area (Å²) in [4.78, 5) is 2.38. The molecule has 0 atom stereocenters. The number of thiophene rings is 1. The summed E-state index contributed by atoms with van der Waals surface area (Å²) in [6, 6.07) is 86.1. The van der Waals surface area contributed by atoms with Crippen LogP contribution in [-0.4, -0.2) is 0 Å². The van der Waals surface area contributed by atoms with Crippen molar-refractivity contribution in [2.75, 3.05) is 4.90 Å². The smallest absolute Gasteiger partial charge is 0.0467 e. The van der Waals surface area contributed by atoms with Crippen LogP contribution in [0.3, 0.4) is 0 Å². The van der Waals surface area contributed by atoms with Crippen LogP contribution >= 0.6 is 11.3 Å². The van der Waals surface area contributed by atoms with Crippen molar-refractivity contribution in [1.29, 1.82) is 0 Å². The van der Waals surface area contributed by atoms with Crippen molar-refractivity contribution in [3.8, 4) is 55.6 Å². The molecule has 1 aromatic heterocycles. The Hall–Kier alpha value is -7.52. The molecule has 0 spiro atoms. The van der Waals surface area contributed by atoms with E-state index in [0.29, 0.717) is 0 Å². The molecule has 282 valence electrons. The van der Waals surface area contributed by atoms with Crippen molar-refractivity contribution in [3.05, 3.63) is 237 Å². The van der Waals surface area contributed by atoms with Crippen LogP contribution < -0.4 is 4.90 Å². The van der Waals surface area contributed by atoms with E-state index in [1.807, 2.05) is 11.3 Å². The summed E-state index contributed by atoms with van der Waals surface area (Å²) in [6.07, 6.45) is 0. The second-order valence-corrected chi connectivity index (χ2v) is 16.4. The van der Waals surface area contributed by atoms with Gasteiger partial charge in [0.1, 0.15) is 0 Å². The van der Waals surface area contributed by atoms with Gasteiger partial charge in [-0.3, -0.25) is 0 Å². The van der Waals surface area contributed by atoms with Gasteiger partial charge in [0.15, 0.2) is 0 Å². The third-order valence-corrected chi connectivity index (χ3v) is 12.8.